The number of carbonyl (C=O) groups excluding carboxylic acids is 1. The molecular weight excluding hydrogens is 306 g/mol. The first-order valence-electron chi connectivity index (χ1n) is 7.79. The number of amides is 1. The molecule has 2 rings (SSSR count). The summed E-state index contributed by atoms with van der Waals surface area (Å²) in [5.74, 6) is -0.608. The first kappa shape index (κ1) is 17.5. The van der Waals surface area contributed by atoms with Crippen molar-refractivity contribution >= 4 is 11.9 Å². The van der Waals surface area contributed by atoms with E-state index in [9.17, 15) is 14.7 Å². The van der Waals surface area contributed by atoms with Gasteiger partial charge in [0, 0.05) is 5.56 Å². The Balaban J connectivity index is 2.13. The van der Waals surface area contributed by atoms with E-state index in [0.717, 1.165) is 0 Å². The molecule has 1 amide bonds. The predicted molar refractivity (Wildman–Crippen MR) is 91.1 cm³/mol. The van der Waals surface area contributed by atoms with Crippen LogP contribution < -0.4 is 10.1 Å². The van der Waals surface area contributed by atoms with Crippen LogP contribution in [0.25, 0.3) is 0 Å². The van der Waals surface area contributed by atoms with Crippen LogP contribution in [-0.4, -0.2) is 23.6 Å². The van der Waals surface area contributed by atoms with Crippen molar-refractivity contribution in [1.82, 2.24) is 5.32 Å². The van der Waals surface area contributed by atoms with E-state index in [-0.39, 0.29) is 0 Å². The highest BCUT2D eigenvalue weighted by Crippen LogP contribution is 2.17. The molecule has 0 spiro atoms. The van der Waals surface area contributed by atoms with Gasteiger partial charge in [-0.25, -0.2) is 4.79 Å². The number of rotatable bonds is 7. The quantitative estimate of drug-likeness (QED) is 0.818. The van der Waals surface area contributed by atoms with Crippen LogP contribution in [0.1, 0.15) is 35.8 Å². The van der Waals surface area contributed by atoms with E-state index in [4.69, 9.17) is 4.74 Å². The number of hydrogen-bond donors (Lipinski definition) is 2. The number of carbonyl (C=O) groups is 2. The van der Waals surface area contributed by atoms with Gasteiger partial charge in [0.15, 0.2) is 6.04 Å². The monoisotopic (exact) mass is 327 g/mol. The zero-order chi connectivity index (χ0) is 17.5. The molecule has 24 heavy (non-hydrogen) atoms. The van der Waals surface area contributed by atoms with Crippen molar-refractivity contribution in [2.24, 2.45) is 5.92 Å². The van der Waals surface area contributed by atoms with Crippen LogP contribution in [0.2, 0.25) is 0 Å². The topological polar surface area (TPSA) is 75.6 Å². The van der Waals surface area contributed by atoms with E-state index in [1.807, 2.05) is 13.8 Å². The maximum Gasteiger partial charge on any atom is 0.330 e. The molecule has 0 aliphatic carbocycles. The van der Waals surface area contributed by atoms with E-state index < -0.39 is 17.9 Å². The van der Waals surface area contributed by atoms with E-state index in [1.54, 1.807) is 54.6 Å². The number of carboxylic acids is 1. The van der Waals surface area contributed by atoms with Crippen LogP contribution in [0.4, 0.5) is 0 Å². The minimum absolute atomic E-state index is 0.360. The maximum atomic E-state index is 12.4. The summed E-state index contributed by atoms with van der Waals surface area (Å²) in [5, 5.41) is 11.9. The molecule has 1 atom stereocenters. The number of aliphatic carboxylic acids is 1. The van der Waals surface area contributed by atoms with Gasteiger partial charge in [0.1, 0.15) is 5.75 Å². The Kier molecular flexibility index (Phi) is 5.95. The van der Waals surface area contributed by atoms with Gasteiger partial charge >= 0.3 is 5.97 Å². The minimum atomic E-state index is -1.11. The molecule has 126 valence electrons. The fourth-order valence-electron chi connectivity index (χ4n) is 2.14. The Labute approximate surface area is 141 Å². The molecule has 2 aromatic carbocycles. The number of ether oxygens (including phenoxy) is 1. The van der Waals surface area contributed by atoms with E-state index >= 15 is 0 Å². The second-order valence-electron chi connectivity index (χ2n) is 5.89. The van der Waals surface area contributed by atoms with Crippen molar-refractivity contribution in [3.63, 3.8) is 0 Å². The van der Waals surface area contributed by atoms with Gasteiger partial charge in [-0.2, -0.15) is 0 Å². The second-order valence-corrected chi connectivity index (χ2v) is 5.89. The maximum absolute atomic E-state index is 12.4. The number of hydrogen-bond acceptors (Lipinski definition) is 3. The SMILES string of the molecule is CC(C)COc1cccc(C(=O)N[C@H](C(=O)O)c2ccccc2)c1. The highest BCUT2D eigenvalue weighted by atomic mass is 16.5. The molecule has 0 aliphatic heterocycles. The summed E-state index contributed by atoms with van der Waals surface area (Å²) in [6, 6.07) is 14.2. The summed E-state index contributed by atoms with van der Waals surface area (Å²) in [5.41, 5.74) is 0.879. The van der Waals surface area contributed by atoms with Crippen molar-refractivity contribution in [3.8, 4) is 5.75 Å². The van der Waals surface area contributed by atoms with Crippen molar-refractivity contribution in [2.45, 2.75) is 19.9 Å². The predicted octanol–water partition coefficient (Wildman–Crippen LogP) is 3.28. The average molecular weight is 327 g/mol. The molecule has 0 saturated heterocycles. The Bertz CT molecular complexity index is 698. The van der Waals surface area contributed by atoms with Crippen LogP contribution in [0.15, 0.2) is 54.6 Å². The first-order chi connectivity index (χ1) is 11.5. The van der Waals surface area contributed by atoms with Gasteiger partial charge in [-0.05, 0) is 29.7 Å². The van der Waals surface area contributed by atoms with E-state index in [1.165, 1.54) is 0 Å². The van der Waals surface area contributed by atoms with Crippen molar-refractivity contribution < 1.29 is 19.4 Å². The summed E-state index contributed by atoms with van der Waals surface area (Å²) < 4.78 is 5.60. The summed E-state index contributed by atoms with van der Waals surface area (Å²) in [6.45, 7) is 4.62. The molecule has 0 saturated carbocycles. The lowest BCUT2D eigenvalue weighted by Crippen LogP contribution is -2.33. The lowest BCUT2D eigenvalue weighted by molar-refractivity contribution is -0.139. The number of nitrogens with one attached hydrogen (secondary N) is 1. The lowest BCUT2D eigenvalue weighted by atomic mass is 10.1. The van der Waals surface area contributed by atoms with Gasteiger partial charge in [-0.15, -0.1) is 0 Å². The van der Waals surface area contributed by atoms with Gasteiger partial charge in [0.05, 0.1) is 6.61 Å². The fourth-order valence-corrected chi connectivity index (χ4v) is 2.14. The first-order valence-corrected chi connectivity index (χ1v) is 7.79. The smallest absolute Gasteiger partial charge is 0.330 e. The molecule has 0 aliphatic rings. The summed E-state index contributed by atoms with van der Waals surface area (Å²) in [6.07, 6.45) is 0. The third-order valence-electron chi connectivity index (χ3n) is 3.33. The molecule has 0 bridgehead atoms. The minimum Gasteiger partial charge on any atom is -0.493 e. The zero-order valence-electron chi connectivity index (χ0n) is 13.7. The van der Waals surface area contributed by atoms with Crippen molar-refractivity contribution in [2.75, 3.05) is 6.61 Å². The van der Waals surface area contributed by atoms with Crippen LogP contribution in [0, 0.1) is 5.92 Å². The van der Waals surface area contributed by atoms with Crippen molar-refractivity contribution in [1.29, 1.82) is 0 Å². The molecule has 0 radical (unpaired) electrons. The Hall–Kier alpha value is -2.82. The Morgan fingerprint density at radius 3 is 2.42 bits per heavy atom. The van der Waals surface area contributed by atoms with Crippen LogP contribution >= 0.6 is 0 Å². The van der Waals surface area contributed by atoms with E-state index in [0.29, 0.717) is 29.4 Å². The molecule has 0 heterocycles. The van der Waals surface area contributed by atoms with Crippen LogP contribution in [0.3, 0.4) is 0 Å². The highest BCUT2D eigenvalue weighted by Gasteiger charge is 2.22. The molecule has 2 aromatic rings. The number of benzene rings is 2. The standard InChI is InChI=1S/C19H21NO4/c1-13(2)12-24-16-10-6-9-15(11-16)18(21)20-17(19(22)23)14-7-4-3-5-8-14/h3-11,13,17H,12H2,1-2H3,(H,20,21)(H,22,23)/t17-/m0/s1. The average Bonchev–Trinajstić information content (AvgIpc) is 2.58. The molecule has 0 fully saturated rings. The van der Waals surface area contributed by atoms with Crippen molar-refractivity contribution in [3.05, 3.63) is 65.7 Å². The van der Waals surface area contributed by atoms with Gasteiger partial charge in [-0.1, -0.05) is 50.2 Å². The molecule has 0 unspecified atom stereocenters. The largest absolute Gasteiger partial charge is 0.493 e. The van der Waals surface area contributed by atoms with Gasteiger partial charge in [0.2, 0.25) is 0 Å². The van der Waals surface area contributed by atoms with Gasteiger partial charge in [0.25, 0.3) is 5.91 Å². The third-order valence-corrected chi connectivity index (χ3v) is 3.33. The molecule has 2 N–H and O–H groups in total. The molecule has 5 heteroatoms. The van der Waals surface area contributed by atoms with Gasteiger partial charge in [-0.3, -0.25) is 4.79 Å². The highest BCUT2D eigenvalue weighted by molar-refractivity contribution is 5.97. The summed E-state index contributed by atoms with van der Waals surface area (Å²) in [7, 11) is 0. The third kappa shape index (κ3) is 4.84. The van der Waals surface area contributed by atoms with E-state index in [2.05, 4.69) is 5.32 Å². The normalized spacial score (nSPS) is 11.8. The fraction of sp³-hybridized carbons (Fsp3) is 0.263. The summed E-state index contributed by atoms with van der Waals surface area (Å²) >= 11 is 0. The number of carboxylic acid groups (broad SMARTS) is 1. The van der Waals surface area contributed by atoms with Crippen LogP contribution in [-0.2, 0) is 4.79 Å². The zero-order valence-corrected chi connectivity index (χ0v) is 13.7. The van der Waals surface area contributed by atoms with Gasteiger partial charge < -0.3 is 15.2 Å². The second kappa shape index (κ2) is 8.15. The summed E-state index contributed by atoms with van der Waals surface area (Å²) in [4.78, 5) is 23.9. The molecule has 0 aromatic heterocycles. The lowest BCUT2D eigenvalue weighted by Gasteiger charge is -2.15. The molecular formula is C19H21NO4. The van der Waals surface area contributed by atoms with Crippen LogP contribution in [0.5, 0.6) is 5.75 Å². The Morgan fingerprint density at radius 2 is 1.79 bits per heavy atom. The molecule has 5 nitrogen and oxygen atoms in total. The Morgan fingerprint density at radius 1 is 1.08 bits per heavy atom.